The van der Waals surface area contributed by atoms with Gasteiger partial charge in [0.05, 0.1) is 12.6 Å². The molecule has 8 heteroatoms. The lowest BCUT2D eigenvalue weighted by molar-refractivity contribution is 0.0254. The molecule has 1 fully saturated rings. The van der Waals surface area contributed by atoms with E-state index in [2.05, 4.69) is 40.7 Å². The first-order chi connectivity index (χ1) is 17.4. The van der Waals surface area contributed by atoms with Gasteiger partial charge in [-0.2, -0.15) is 0 Å². The highest BCUT2D eigenvalue weighted by molar-refractivity contribution is 5.97. The molecule has 36 heavy (non-hydrogen) atoms. The molecule has 4 rings (SSSR count). The van der Waals surface area contributed by atoms with Gasteiger partial charge in [0.25, 0.3) is 5.91 Å². The van der Waals surface area contributed by atoms with Crippen LogP contribution in [0.15, 0.2) is 36.8 Å². The second kappa shape index (κ2) is 12.3. The smallest absolute Gasteiger partial charge is 0.259 e. The van der Waals surface area contributed by atoms with Crippen LogP contribution in [0.4, 0.5) is 0 Å². The van der Waals surface area contributed by atoms with E-state index in [4.69, 9.17) is 9.47 Å². The molecule has 0 radical (unpaired) electrons. The first-order valence-corrected chi connectivity index (χ1v) is 12.7. The second-order valence-electron chi connectivity index (χ2n) is 9.96. The molecular weight excluding hydrogens is 456 g/mol. The highest BCUT2D eigenvalue weighted by Crippen LogP contribution is 2.27. The molecule has 192 valence electrons. The average molecular weight is 493 g/mol. The molecule has 3 atom stereocenters. The van der Waals surface area contributed by atoms with Crippen LogP contribution in [-0.2, 0) is 4.74 Å². The van der Waals surface area contributed by atoms with Crippen LogP contribution in [0.25, 0.3) is 0 Å². The molecule has 2 aliphatic rings. The molecule has 1 N–H and O–H groups in total. The lowest BCUT2D eigenvalue weighted by Crippen LogP contribution is -2.50. The Hall–Kier alpha value is -2.99. The predicted octanol–water partition coefficient (Wildman–Crippen LogP) is 2.45. The molecule has 0 bridgehead atoms. The molecule has 8 nitrogen and oxygen atoms in total. The predicted molar refractivity (Wildman–Crippen MR) is 137 cm³/mol. The Bertz CT molecular complexity index is 1080. The van der Waals surface area contributed by atoms with Gasteiger partial charge in [0.2, 0.25) is 5.88 Å². The first kappa shape index (κ1) is 26.1. The van der Waals surface area contributed by atoms with Gasteiger partial charge in [0.15, 0.2) is 0 Å². The number of nitrogens with zero attached hydrogens (tertiary/aromatic N) is 4. The number of hydrogen-bond acceptors (Lipinski definition) is 7. The van der Waals surface area contributed by atoms with Crippen molar-refractivity contribution in [2.75, 3.05) is 46.5 Å². The van der Waals surface area contributed by atoms with Gasteiger partial charge in [0.1, 0.15) is 11.7 Å². The molecule has 1 amide bonds. The minimum atomic E-state index is -0.321. The number of pyridine rings is 2. The standard InChI is InChI=1S/C28H36N4O4/c1-20-16-32(21(2)19-33)28(34)25-14-24(5-4-22-6-10-29-11-7-22)15-30-27(25)36-26(20)18-31(3)17-23-8-12-35-13-9-23/h6-7,10-11,14-15,20-21,23,26,33H,8-9,12-13,16-19H2,1-3H3/t20-,21-,26+/m0/s1. The molecule has 2 aliphatic heterocycles. The number of ether oxygens (including phenoxy) is 2. The van der Waals surface area contributed by atoms with E-state index in [1.165, 1.54) is 0 Å². The van der Waals surface area contributed by atoms with Gasteiger partial charge in [-0.3, -0.25) is 9.78 Å². The van der Waals surface area contributed by atoms with Crippen LogP contribution in [0.3, 0.4) is 0 Å². The highest BCUT2D eigenvalue weighted by Gasteiger charge is 2.34. The van der Waals surface area contributed by atoms with Crippen LogP contribution >= 0.6 is 0 Å². The van der Waals surface area contributed by atoms with E-state index < -0.39 is 0 Å². The van der Waals surface area contributed by atoms with Gasteiger partial charge in [-0.05, 0) is 50.9 Å². The first-order valence-electron chi connectivity index (χ1n) is 12.7. The zero-order chi connectivity index (χ0) is 25.5. The molecule has 2 aromatic heterocycles. The van der Waals surface area contributed by atoms with Crippen molar-refractivity contribution in [3.8, 4) is 17.7 Å². The summed E-state index contributed by atoms with van der Waals surface area (Å²) in [5.41, 5.74) is 1.83. The molecule has 2 aromatic rings. The van der Waals surface area contributed by atoms with Gasteiger partial charge >= 0.3 is 0 Å². The maximum absolute atomic E-state index is 13.6. The number of carbonyl (C=O) groups is 1. The summed E-state index contributed by atoms with van der Waals surface area (Å²) in [6.45, 7) is 7.69. The fraction of sp³-hybridized carbons (Fsp3) is 0.536. The maximum Gasteiger partial charge on any atom is 0.259 e. The van der Waals surface area contributed by atoms with Gasteiger partial charge < -0.3 is 24.4 Å². The van der Waals surface area contributed by atoms with Crippen LogP contribution in [0.5, 0.6) is 5.88 Å². The number of aliphatic hydroxyl groups is 1. The summed E-state index contributed by atoms with van der Waals surface area (Å²) in [6.07, 6.45) is 7.03. The fourth-order valence-corrected chi connectivity index (χ4v) is 4.72. The number of hydrogen-bond donors (Lipinski definition) is 1. The molecule has 4 heterocycles. The largest absolute Gasteiger partial charge is 0.472 e. The van der Waals surface area contributed by atoms with Crippen LogP contribution in [0.2, 0.25) is 0 Å². The molecule has 0 unspecified atom stereocenters. The number of fused-ring (bicyclic) bond motifs is 1. The zero-order valence-corrected chi connectivity index (χ0v) is 21.4. The van der Waals surface area contributed by atoms with E-state index in [0.717, 1.165) is 44.7 Å². The topological polar surface area (TPSA) is 88.0 Å². The van der Waals surface area contributed by atoms with Crippen molar-refractivity contribution in [1.82, 2.24) is 19.8 Å². The Morgan fingerprint density at radius 2 is 1.92 bits per heavy atom. The normalized spacial score (nSPS) is 21.6. The second-order valence-corrected chi connectivity index (χ2v) is 9.96. The van der Waals surface area contributed by atoms with Crippen molar-refractivity contribution < 1.29 is 19.4 Å². The van der Waals surface area contributed by atoms with Gasteiger partial charge in [0, 0.05) is 68.5 Å². The minimum absolute atomic E-state index is 0.0567. The number of aromatic nitrogens is 2. The van der Waals surface area contributed by atoms with Gasteiger partial charge in [-0.25, -0.2) is 4.98 Å². The Morgan fingerprint density at radius 3 is 2.64 bits per heavy atom. The molecule has 0 spiro atoms. The summed E-state index contributed by atoms with van der Waals surface area (Å²) in [7, 11) is 2.12. The fourth-order valence-electron chi connectivity index (χ4n) is 4.72. The summed E-state index contributed by atoms with van der Waals surface area (Å²) < 4.78 is 11.9. The highest BCUT2D eigenvalue weighted by atomic mass is 16.5. The van der Waals surface area contributed by atoms with Crippen molar-refractivity contribution in [2.45, 2.75) is 38.8 Å². The third kappa shape index (κ3) is 6.61. The summed E-state index contributed by atoms with van der Waals surface area (Å²) in [6, 6.07) is 5.08. The molecule has 0 aliphatic carbocycles. The number of aliphatic hydroxyl groups excluding tert-OH is 1. The number of carbonyl (C=O) groups excluding carboxylic acids is 1. The van der Waals surface area contributed by atoms with Gasteiger partial charge in [-0.15, -0.1) is 0 Å². The minimum Gasteiger partial charge on any atom is -0.472 e. The Balaban J connectivity index is 1.59. The monoisotopic (exact) mass is 492 g/mol. The zero-order valence-electron chi connectivity index (χ0n) is 21.4. The van der Waals surface area contributed by atoms with E-state index in [1.54, 1.807) is 29.6 Å². The van der Waals surface area contributed by atoms with Crippen molar-refractivity contribution >= 4 is 5.91 Å². The maximum atomic E-state index is 13.6. The van der Waals surface area contributed by atoms with E-state index in [9.17, 15) is 9.90 Å². The molecule has 0 saturated carbocycles. The molecule has 0 aromatic carbocycles. The average Bonchev–Trinajstić information content (AvgIpc) is 2.90. The number of amides is 1. The third-order valence-electron chi connectivity index (χ3n) is 6.95. The van der Waals surface area contributed by atoms with E-state index in [1.807, 2.05) is 19.1 Å². The Labute approximate surface area is 213 Å². The third-order valence-corrected chi connectivity index (χ3v) is 6.95. The summed E-state index contributed by atoms with van der Waals surface area (Å²) in [5, 5.41) is 9.87. The molecule has 1 saturated heterocycles. The van der Waals surface area contributed by atoms with Crippen LogP contribution in [0, 0.1) is 23.7 Å². The number of rotatable bonds is 6. The van der Waals surface area contributed by atoms with E-state index in [-0.39, 0.29) is 30.6 Å². The van der Waals surface area contributed by atoms with Gasteiger partial charge in [-0.1, -0.05) is 18.8 Å². The Morgan fingerprint density at radius 1 is 1.19 bits per heavy atom. The number of likely N-dealkylation sites (N-methyl/N-ethyl adjacent to an activating group) is 1. The van der Waals surface area contributed by atoms with Crippen molar-refractivity contribution in [3.05, 3.63) is 53.5 Å². The summed E-state index contributed by atoms with van der Waals surface area (Å²) in [4.78, 5) is 26.2. The van der Waals surface area contributed by atoms with Crippen LogP contribution in [0.1, 0.15) is 48.2 Å². The van der Waals surface area contributed by atoms with Crippen LogP contribution in [-0.4, -0.2) is 89.4 Å². The van der Waals surface area contributed by atoms with Crippen molar-refractivity contribution in [3.63, 3.8) is 0 Å². The summed E-state index contributed by atoms with van der Waals surface area (Å²) in [5.74, 6) is 6.97. The van der Waals surface area contributed by atoms with E-state index in [0.29, 0.717) is 29.5 Å². The molecular formula is C28H36N4O4. The SMILES string of the molecule is C[C@H]1CN([C@@H](C)CO)C(=O)c2cc(C#Cc3ccncc3)cnc2O[C@@H]1CN(C)CC1CCOCC1. The van der Waals surface area contributed by atoms with Crippen LogP contribution < -0.4 is 4.74 Å². The van der Waals surface area contributed by atoms with Crippen molar-refractivity contribution in [2.24, 2.45) is 11.8 Å². The quantitative estimate of drug-likeness (QED) is 0.620. The van der Waals surface area contributed by atoms with E-state index >= 15 is 0 Å². The Kier molecular flexibility index (Phi) is 8.92. The lowest BCUT2D eigenvalue weighted by atomic mass is 9.97. The summed E-state index contributed by atoms with van der Waals surface area (Å²) >= 11 is 0. The lowest BCUT2D eigenvalue weighted by Gasteiger charge is -2.38. The van der Waals surface area contributed by atoms with Crippen molar-refractivity contribution in [1.29, 1.82) is 0 Å².